The molecule has 1 fully saturated rings. The van der Waals surface area contributed by atoms with Crippen molar-refractivity contribution in [3.05, 3.63) is 11.8 Å². The van der Waals surface area contributed by atoms with Gasteiger partial charge in [-0.2, -0.15) is 0 Å². The Morgan fingerprint density at radius 1 is 1.44 bits per heavy atom. The Hall–Kier alpha value is -1.39. The summed E-state index contributed by atoms with van der Waals surface area (Å²) in [5.41, 5.74) is -0.0146. The van der Waals surface area contributed by atoms with Crippen LogP contribution in [0.3, 0.4) is 0 Å². The Morgan fingerprint density at radius 2 is 2.12 bits per heavy atom. The van der Waals surface area contributed by atoms with Crippen LogP contribution in [0.5, 0.6) is 0 Å². The van der Waals surface area contributed by atoms with Crippen molar-refractivity contribution >= 4 is 5.97 Å². The minimum Gasteiger partial charge on any atom is -0.462 e. The zero-order valence-corrected chi connectivity index (χ0v) is 9.65. The van der Waals surface area contributed by atoms with E-state index in [0.29, 0.717) is 5.89 Å². The molecule has 1 aromatic heterocycles. The maximum Gasteiger partial charge on any atom is 0.396 e. The second-order valence-electron chi connectivity index (χ2n) is 4.24. The van der Waals surface area contributed by atoms with E-state index in [4.69, 9.17) is 4.42 Å². The third kappa shape index (κ3) is 1.70. The van der Waals surface area contributed by atoms with Crippen molar-refractivity contribution in [3.8, 4) is 0 Å². The van der Waals surface area contributed by atoms with Crippen molar-refractivity contribution in [2.45, 2.75) is 44.4 Å². The van der Waals surface area contributed by atoms with Gasteiger partial charge in [0.05, 0.1) is 7.11 Å². The van der Waals surface area contributed by atoms with Gasteiger partial charge in [0.15, 0.2) is 0 Å². The Morgan fingerprint density at radius 3 is 2.69 bits per heavy atom. The lowest BCUT2D eigenvalue weighted by Gasteiger charge is -2.21. The van der Waals surface area contributed by atoms with Crippen LogP contribution in [-0.2, 0) is 10.2 Å². The number of carbonyl (C=O) groups excluding carboxylic acids is 1. The van der Waals surface area contributed by atoms with E-state index in [1.807, 2.05) is 0 Å². The Labute approximate surface area is 94.2 Å². The molecule has 1 heterocycles. The van der Waals surface area contributed by atoms with E-state index in [2.05, 4.69) is 21.9 Å². The van der Waals surface area contributed by atoms with Gasteiger partial charge in [-0.15, -0.1) is 10.2 Å². The number of methoxy groups -OCH3 is 1. The molecule has 2 rings (SSSR count). The second-order valence-corrected chi connectivity index (χ2v) is 4.24. The molecule has 1 saturated carbocycles. The standard InChI is InChI=1S/C11H16N2O3/c1-3-11(6-4-5-7-11)10-13-12-8(16-10)9(14)15-2/h3-7H2,1-2H3. The van der Waals surface area contributed by atoms with Crippen molar-refractivity contribution < 1.29 is 13.9 Å². The van der Waals surface area contributed by atoms with Crippen LogP contribution in [0.25, 0.3) is 0 Å². The fourth-order valence-electron chi connectivity index (χ4n) is 2.38. The molecule has 0 amide bonds. The number of carbonyl (C=O) groups is 1. The van der Waals surface area contributed by atoms with Gasteiger partial charge in [-0.05, 0) is 19.3 Å². The highest BCUT2D eigenvalue weighted by atomic mass is 16.5. The third-order valence-electron chi connectivity index (χ3n) is 3.48. The molecule has 0 aliphatic heterocycles. The van der Waals surface area contributed by atoms with Gasteiger partial charge in [0.1, 0.15) is 0 Å². The average Bonchev–Trinajstić information content (AvgIpc) is 2.96. The first-order chi connectivity index (χ1) is 7.72. The smallest absolute Gasteiger partial charge is 0.396 e. The summed E-state index contributed by atoms with van der Waals surface area (Å²) in [6, 6.07) is 0. The lowest BCUT2D eigenvalue weighted by Crippen LogP contribution is -2.21. The van der Waals surface area contributed by atoms with Crippen LogP contribution in [0, 0.1) is 0 Å². The van der Waals surface area contributed by atoms with Crippen LogP contribution in [0.4, 0.5) is 0 Å². The average molecular weight is 224 g/mol. The lowest BCUT2D eigenvalue weighted by atomic mass is 9.83. The molecular weight excluding hydrogens is 208 g/mol. The maximum atomic E-state index is 11.2. The van der Waals surface area contributed by atoms with Crippen LogP contribution in [0.1, 0.15) is 55.6 Å². The third-order valence-corrected chi connectivity index (χ3v) is 3.48. The van der Waals surface area contributed by atoms with E-state index >= 15 is 0 Å². The van der Waals surface area contributed by atoms with Gasteiger partial charge in [-0.1, -0.05) is 19.8 Å². The van der Waals surface area contributed by atoms with Crippen molar-refractivity contribution in [2.75, 3.05) is 7.11 Å². The molecule has 0 saturated heterocycles. The molecule has 1 aliphatic rings. The predicted octanol–water partition coefficient (Wildman–Crippen LogP) is 2.08. The van der Waals surface area contributed by atoms with E-state index < -0.39 is 5.97 Å². The Kier molecular flexibility index (Phi) is 2.94. The van der Waals surface area contributed by atoms with Crippen molar-refractivity contribution in [2.24, 2.45) is 0 Å². The van der Waals surface area contributed by atoms with Crippen molar-refractivity contribution in [3.63, 3.8) is 0 Å². The first-order valence-electron chi connectivity index (χ1n) is 5.64. The van der Waals surface area contributed by atoms with Crippen LogP contribution in [0.15, 0.2) is 4.42 Å². The lowest BCUT2D eigenvalue weighted by molar-refractivity contribution is 0.0551. The van der Waals surface area contributed by atoms with Gasteiger partial charge in [-0.3, -0.25) is 0 Å². The minimum atomic E-state index is -0.567. The first kappa shape index (κ1) is 11.1. The summed E-state index contributed by atoms with van der Waals surface area (Å²) in [5, 5.41) is 7.73. The molecule has 1 aliphatic carbocycles. The van der Waals surface area contributed by atoms with Crippen LogP contribution >= 0.6 is 0 Å². The monoisotopic (exact) mass is 224 g/mol. The van der Waals surface area contributed by atoms with E-state index in [0.717, 1.165) is 19.3 Å². The number of hydrogen-bond acceptors (Lipinski definition) is 5. The van der Waals surface area contributed by atoms with Crippen LogP contribution in [0.2, 0.25) is 0 Å². The first-order valence-corrected chi connectivity index (χ1v) is 5.64. The number of esters is 1. The van der Waals surface area contributed by atoms with E-state index in [9.17, 15) is 4.79 Å². The molecule has 0 aromatic carbocycles. The Balaban J connectivity index is 2.26. The van der Waals surface area contributed by atoms with E-state index in [1.54, 1.807) is 0 Å². The molecule has 5 nitrogen and oxygen atoms in total. The van der Waals surface area contributed by atoms with Gasteiger partial charge in [0, 0.05) is 5.41 Å². The van der Waals surface area contributed by atoms with E-state index in [1.165, 1.54) is 20.0 Å². The zero-order valence-electron chi connectivity index (χ0n) is 9.65. The molecular formula is C11H16N2O3. The molecule has 0 spiro atoms. The largest absolute Gasteiger partial charge is 0.462 e. The quantitative estimate of drug-likeness (QED) is 0.735. The normalized spacial score (nSPS) is 18.6. The van der Waals surface area contributed by atoms with Gasteiger partial charge in [0.25, 0.3) is 0 Å². The molecule has 5 heteroatoms. The maximum absolute atomic E-state index is 11.2. The molecule has 0 N–H and O–H groups in total. The summed E-state index contributed by atoms with van der Waals surface area (Å²) in [7, 11) is 1.30. The minimum absolute atomic E-state index is 0.0146. The van der Waals surface area contributed by atoms with Crippen molar-refractivity contribution in [1.82, 2.24) is 10.2 Å². The summed E-state index contributed by atoms with van der Waals surface area (Å²) in [6.07, 6.45) is 5.46. The Bertz CT molecular complexity index is 380. The zero-order chi connectivity index (χ0) is 11.6. The highest BCUT2D eigenvalue weighted by molar-refractivity contribution is 5.83. The van der Waals surface area contributed by atoms with Gasteiger partial charge < -0.3 is 9.15 Å². The molecule has 16 heavy (non-hydrogen) atoms. The molecule has 1 aromatic rings. The number of nitrogens with zero attached hydrogens (tertiary/aromatic N) is 2. The highest BCUT2D eigenvalue weighted by Crippen LogP contribution is 2.42. The predicted molar refractivity (Wildman–Crippen MR) is 56.1 cm³/mol. The summed E-state index contributed by atoms with van der Waals surface area (Å²) in [6.45, 7) is 2.12. The summed E-state index contributed by atoms with van der Waals surface area (Å²) in [5.74, 6) is -0.0203. The van der Waals surface area contributed by atoms with Gasteiger partial charge >= 0.3 is 11.9 Å². The number of aromatic nitrogens is 2. The summed E-state index contributed by atoms with van der Waals surface area (Å²) < 4.78 is 9.96. The van der Waals surface area contributed by atoms with Crippen LogP contribution in [-0.4, -0.2) is 23.3 Å². The second kappa shape index (κ2) is 4.23. The van der Waals surface area contributed by atoms with E-state index in [-0.39, 0.29) is 11.3 Å². The topological polar surface area (TPSA) is 65.2 Å². The molecule has 0 atom stereocenters. The van der Waals surface area contributed by atoms with Crippen LogP contribution < -0.4 is 0 Å². The number of rotatable bonds is 3. The van der Waals surface area contributed by atoms with Gasteiger partial charge in [-0.25, -0.2) is 4.79 Å². The molecule has 0 radical (unpaired) electrons. The highest BCUT2D eigenvalue weighted by Gasteiger charge is 2.39. The number of hydrogen-bond donors (Lipinski definition) is 0. The SMILES string of the molecule is CCC1(c2nnc(C(=O)OC)o2)CCCC1. The fraction of sp³-hybridized carbons (Fsp3) is 0.727. The van der Waals surface area contributed by atoms with Gasteiger partial charge in [0.2, 0.25) is 5.89 Å². The molecule has 88 valence electrons. The fourth-order valence-corrected chi connectivity index (χ4v) is 2.38. The van der Waals surface area contributed by atoms with Crippen molar-refractivity contribution in [1.29, 1.82) is 0 Å². The summed E-state index contributed by atoms with van der Waals surface area (Å²) >= 11 is 0. The summed E-state index contributed by atoms with van der Waals surface area (Å²) in [4.78, 5) is 11.2. The molecule has 0 unspecified atom stereocenters. The number of ether oxygens (including phenoxy) is 1. The molecule has 0 bridgehead atoms.